The lowest BCUT2D eigenvalue weighted by molar-refractivity contribution is 0.218. The van der Waals surface area contributed by atoms with Crippen LogP contribution in [0.25, 0.3) is 0 Å². The number of sulfonamides is 1. The number of benzene rings is 2. The van der Waals surface area contributed by atoms with Gasteiger partial charge in [0.1, 0.15) is 12.1 Å². The van der Waals surface area contributed by atoms with Gasteiger partial charge < -0.3 is 4.74 Å². The van der Waals surface area contributed by atoms with E-state index in [0.29, 0.717) is 17.2 Å². The molecule has 0 unspecified atom stereocenters. The maximum Gasteiger partial charge on any atom is 0.240 e. The highest BCUT2D eigenvalue weighted by molar-refractivity contribution is 7.89. The Morgan fingerprint density at radius 2 is 1.96 bits per heavy atom. The first kappa shape index (κ1) is 18.3. The van der Waals surface area contributed by atoms with Crippen LogP contribution >= 0.6 is 11.6 Å². The van der Waals surface area contributed by atoms with Crippen molar-refractivity contribution >= 4 is 21.6 Å². The number of hydrogen-bond acceptors (Lipinski definition) is 6. The number of nitrogens with zero attached hydrogens (tertiary/aromatic N) is 4. The largest absolute Gasteiger partial charge is 0.471 e. The van der Waals surface area contributed by atoms with E-state index in [1.807, 2.05) is 24.3 Å². The van der Waals surface area contributed by atoms with Gasteiger partial charge in [0, 0.05) is 11.6 Å². The van der Waals surface area contributed by atoms with Crippen molar-refractivity contribution in [2.45, 2.75) is 18.0 Å². The van der Waals surface area contributed by atoms with Crippen molar-refractivity contribution < 1.29 is 13.2 Å². The second kappa shape index (κ2) is 8.26. The minimum Gasteiger partial charge on any atom is -0.471 e. The molecule has 0 atom stereocenters. The average molecular weight is 394 g/mol. The predicted octanol–water partition coefficient (Wildman–Crippen LogP) is 1.88. The first-order valence-electron chi connectivity index (χ1n) is 7.71. The monoisotopic (exact) mass is 393 g/mol. The molecule has 0 aliphatic heterocycles. The number of hydrogen-bond donors (Lipinski definition) is 1. The van der Waals surface area contributed by atoms with E-state index in [4.69, 9.17) is 16.3 Å². The fourth-order valence-corrected chi connectivity index (χ4v) is 3.36. The summed E-state index contributed by atoms with van der Waals surface area (Å²) in [6.07, 6.45) is 1.98. The molecule has 1 aromatic heterocycles. The van der Waals surface area contributed by atoms with Crippen molar-refractivity contribution in [2.24, 2.45) is 0 Å². The molecule has 26 heavy (non-hydrogen) atoms. The van der Waals surface area contributed by atoms with Crippen LogP contribution in [0, 0.1) is 0 Å². The van der Waals surface area contributed by atoms with Gasteiger partial charge >= 0.3 is 0 Å². The van der Waals surface area contributed by atoms with Gasteiger partial charge in [0.25, 0.3) is 0 Å². The number of aromatic nitrogens is 4. The maximum atomic E-state index is 12.2. The summed E-state index contributed by atoms with van der Waals surface area (Å²) < 4.78 is 34.1. The Bertz CT molecular complexity index is 946. The second-order valence-corrected chi connectivity index (χ2v) is 7.58. The zero-order valence-electron chi connectivity index (χ0n) is 13.6. The molecule has 2 aromatic carbocycles. The van der Waals surface area contributed by atoms with Crippen LogP contribution in [0.1, 0.15) is 5.56 Å². The second-order valence-electron chi connectivity index (χ2n) is 5.37. The van der Waals surface area contributed by atoms with Gasteiger partial charge in [-0.15, -0.1) is 5.10 Å². The van der Waals surface area contributed by atoms with Gasteiger partial charge in [-0.1, -0.05) is 23.7 Å². The molecule has 0 saturated heterocycles. The SMILES string of the molecule is O=S(=O)(NCCc1cccc(OCn2cnnn2)c1)c1ccc(Cl)cc1. The van der Waals surface area contributed by atoms with Gasteiger partial charge in [-0.25, -0.2) is 13.1 Å². The third kappa shape index (κ3) is 5.01. The van der Waals surface area contributed by atoms with Crippen molar-refractivity contribution in [1.82, 2.24) is 24.9 Å². The van der Waals surface area contributed by atoms with Crippen molar-refractivity contribution in [3.63, 3.8) is 0 Å². The van der Waals surface area contributed by atoms with Crippen molar-refractivity contribution in [1.29, 1.82) is 0 Å². The highest BCUT2D eigenvalue weighted by Gasteiger charge is 2.13. The van der Waals surface area contributed by atoms with Crippen LogP contribution in [-0.4, -0.2) is 35.2 Å². The van der Waals surface area contributed by atoms with E-state index in [0.717, 1.165) is 5.56 Å². The summed E-state index contributed by atoms with van der Waals surface area (Å²) in [6, 6.07) is 13.4. The van der Waals surface area contributed by atoms with Crippen LogP contribution in [0.5, 0.6) is 5.75 Å². The molecule has 0 bridgehead atoms. The Morgan fingerprint density at radius 1 is 1.15 bits per heavy atom. The smallest absolute Gasteiger partial charge is 0.240 e. The van der Waals surface area contributed by atoms with Gasteiger partial charge in [0.2, 0.25) is 10.0 Å². The fourth-order valence-electron chi connectivity index (χ4n) is 2.20. The topological polar surface area (TPSA) is 99.0 Å². The van der Waals surface area contributed by atoms with E-state index < -0.39 is 10.0 Å². The number of halogens is 1. The molecule has 0 aliphatic rings. The van der Waals surface area contributed by atoms with E-state index in [-0.39, 0.29) is 18.2 Å². The molecule has 3 aromatic rings. The van der Waals surface area contributed by atoms with Gasteiger partial charge in [-0.3, -0.25) is 0 Å². The van der Waals surface area contributed by atoms with Crippen molar-refractivity contribution in [3.05, 3.63) is 65.4 Å². The third-order valence-corrected chi connectivity index (χ3v) is 5.21. The quantitative estimate of drug-likeness (QED) is 0.627. The van der Waals surface area contributed by atoms with Gasteiger partial charge in [0.15, 0.2) is 6.73 Å². The molecule has 136 valence electrons. The van der Waals surface area contributed by atoms with Gasteiger partial charge in [-0.2, -0.15) is 4.68 Å². The number of nitrogens with one attached hydrogen (secondary N) is 1. The van der Waals surface area contributed by atoms with Crippen LogP contribution in [0.15, 0.2) is 59.8 Å². The van der Waals surface area contributed by atoms with Crippen LogP contribution in [0.3, 0.4) is 0 Å². The summed E-state index contributed by atoms with van der Waals surface area (Å²) in [5.74, 6) is 0.651. The lowest BCUT2D eigenvalue weighted by Crippen LogP contribution is -2.25. The van der Waals surface area contributed by atoms with Crippen LogP contribution < -0.4 is 9.46 Å². The summed E-state index contributed by atoms with van der Waals surface area (Å²) in [4.78, 5) is 0.181. The Labute approximate surface area is 155 Å². The Hall–Kier alpha value is -2.49. The van der Waals surface area contributed by atoms with Crippen molar-refractivity contribution in [3.8, 4) is 5.75 Å². The first-order valence-corrected chi connectivity index (χ1v) is 9.57. The molecule has 0 saturated carbocycles. The summed E-state index contributed by atoms with van der Waals surface area (Å²) in [5, 5.41) is 11.2. The highest BCUT2D eigenvalue weighted by Crippen LogP contribution is 2.15. The molecule has 0 fully saturated rings. The maximum absolute atomic E-state index is 12.2. The van der Waals surface area contributed by atoms with E-state index in [2.05, 4.69) is 20.2 Å². The summed E-state index contributed by atoms with van der Waals surface area (Å²) in [7, 11) is -3.56. The molecule has 1 N–H and O–H groups in total. The van der Waals surface area contributed by atoms with E-state index in [1.165, 1.54) is 23.1 Å². The molecule has 8 nitrogen and oxygen atoms in total. The zero-order valence-corrected chi connectivity index (χ0v) is 15.2. The molecule has 1 heterocycles. The van der Waals surface area contributed by atoms with Crippen LogP contribution in [-0.2, 0) is 23.2 Å². The third-order valence-electron chi connectivity index (χ3n) is 3.48. The lowest BCUT2D eigenvalue weighted by atomic mass is 10.1. The molecule has 0 spiro atoms. The lowest BCUT2D eigenvalue weighted by Gasteiger charge is -2.09. The molecule has 0 radical (unpaired) electrons. The van der Waals surface area contributed by atoms with Crippen LogP contribution in [0.4, 0.5) is 0 Å². The Balaban J connectivity index is 1.54. The zero-order chi connectivity index (χ0) is 18.4. The number of ether oxygens (including phenoxy) is 1. The normalized spacial score (nSPS) is 11.4. The summed E-state index contributed by atoms with van der Waals surface area (Å²) >= 11 is 5.78. The summed E-state index contributed by atoms with van der Waals surface area (Å²) in [5.41, 5.74) is 0.943. The summed E-state index contributed by atoms with van der Waals surface area (Å²) in [6.45, 7) is 0.459. The van der Waals surface area contributed by atoms with Gasteiger partial charge in [-0.05, 0) is 58.8 Å². The fraction of sp³-hybridized carbons (Fsp3) is 0.188. The first-order chi connectivity index (χ1) is 12.5. The number of rotatable bonds is 8. The average Bonchev–Trinajstić information content (AvgIpc) is 3.14. The van der Waals surface area contributed by atoms with Gasteiger partial charge in [0.05, 0.1) is 4.90 Å². The van der Waals surface area contributed by atoms with Crippen LogP contribution in [0.2, 0.25) is 5.02 Å². The van der Waals surface area contributed by atoms with Crippen molar-refractivity contribution in [2.75, 3.05) is 6.54 Å². The van der Waals surface area contributed by atoms with E-state index in [9.17, 15) is 8.42 Å². The minimum atomic E-state index is -3.56. The molecular formula is C16H16ClN5O3S. The van der Waals surface area contributed by atoms with E-state index >= 15 is 0 Å². The van der Waals surface area contributed by atoms with E-state index in [1.54, 1.807) is 12.1 Å². The number of tetrazole rings is 1. The molecule has 0 amide bonds. The highest BCUT2D eigenvalue weighted by atomic mass is 35.5. The standard InChI is InChI=1S/C16H16ClN5O3S/c17-14-4-6-16(7-5-14)26(23,24)19-9-8-13-2-1-3-15(10-13)25-12-22-11-18-20-21-22/h1-7,10-11,19H,8-9,12H2. The molecule has 3 rings (SSSR count). The Kier molecular flexibility index (Phi) is 5.82. The molecule has 0 aliphatic carbocycles. The molecular weight excluding hydrogens is 378 g/mol. The molecule has 10 heteroatoms. The predicted molar refractivity (Wildman–Crippen MR) is 95.2 cm³/mol. The minimum absolute atomic E-state index is 0.181. The Morgan fingerprint density at radius 3 is 2.69 bits per heavy atom.